The van der Waals surface area contributed by atoms with Gasteiger partial charge in [-0.3, -0.25) is 9.36 Å². The number of imidazole rings is 1. The highest BCUT2D eigenvalue weighted by Crippen LogP contribution is 2.34. The maximum atomic E-state index is 13.2. The topological polar surface area (TPSA) is 69.0 Å². The lowest BCUT2D eigenvalue weighted by Crippen LogP contribution is -2.11. The molecule has 0 bridgehead atoms. The zero-order valence-electron chi connectivity index (χ0n) is 14.6. The molecule has 1 atom stereocenters. The van der Waals surface area contributed by atoms with Gasteiger partial charge < -0.3 is 10.1 Å². The number of alkyl halides is 3. The Morgan fingerprint density at radius 3 is 2.79 bits per heavy atom. The molecular weight excluding hydrogens is 373 g/mol. The second-order valence-electron chi connectivity index (χ2n) is 6.97. The van der Waals surface area contributed by atoms with Crippen LogP contribution in [0.15, 0.2) is 30.3 Å². The first kappa shape index (κ1) is 17.2. The van der Waals surface area contributed by atoms with Crippen LogP contribution < -0.4 is 5.32 Å². The van der Waals surface area contributed by atoms with Crippen molar-refractivity contribution in [3.8, 4) is 5.69 Å². The van der Waals surface area contributed by atoms with Gasteiger partial charge >= 0.3 is 6.18 Å². The molecule has 2 aliphatic rings. The fourth-order valence-electron chi connectivity index (χ4n) is 3.75. The summed E-state index contributed by atoms with van der Waals surface area (Å²) in [6.07, 6.45) is -3.58. The van der Waals surface area contributed by atoms with Crippen LogP contribution in [0.25, 0.3) is 16.9 Å². The number of ether oxygens (including phenoxy) is 1. The summed E-state index contributed by atoms with van der Waals surface area (Å²) in [7, 11) is 0. The molecule has 0 aliphatic carbocycles. The third kappa shape index (κ3) is 2.73. The molecule has 28 heavy (non-hydrogen) atoms. The highest BCUT2D eigenvalue weighted by molar-refractivity contribution is 5.99. The summed E-state index contributed by atoms with van der Waals surface area (Å²) < 4.78 is 46.8. The third-order valence-corrected chi connectivity index (χ3v) is 5.09. The summed E-state index contributed by atoms with van der Waals surface area (Å²) in [6, 6.07) is 7.60. The van der Waals surface area contributed by atoms with Gasteiger partial charge in [-0.05, 0) is 42.3 Å². The number of aromatic nitrogens is 3. The van der Waals surface area contributed by atoms with E-state index in [2.05, 4.69) is 15.3 Å². The molecule has 1 amide bonds. The maximum Gasteiger partial charge on any atom is 0.433 e. The summed E-state index contributed by atoms with van der Waals surface area (Å²) in [5.74, 6) is 0.484. The minimum atomic E-state index is -4.55. The predicted octanol–water partition coefficient (Wildman–Crippen LogP) is 3.44. The molecule has 9 heteroatoms. The molecule has 144 valence electrons. The average Bonchev–Trinajstić information content (AvgIpc) is 3.36. The van der Waals surface area contributed by atoms with Crippen molar-refractivity contribution in [2.24, 2.45) is 0 Å². The second-order valence-corrected chi connectivity index (χ2v) is 6.97. The highest BCUT2D eigenvalue weighted by Gasteiger charge is 2.34. The van der Waals surface area contributed by atoms with E-state index in [9.17, 15) is 18.0 Å². The molecule has 1 unspecified atom stereocenters. The molecule has 1 saturated heterocycles. The van der Waals surface area contributed by atoms with Crippen molar-refractivity contribution in [2.45, 2.75) is 24.9 Å². The Balaban J connectivity index is 1.74. The molecule has 6 nitrogen and oxygen atoms in total. The minimum Gasteiger partial charge on any atom is -0.381 e. The Labute approximate surface area is 157 Å². The monoisotopic (exact) mass is 388 g/mol. The molecule has 1 fully saturated rings. The van der Waals surface area contributed by atoms with Crippen LogP contribution >= 0.6 is 0 Å². The molecule has 3 aromatic rings. The van der Waals surface area contributed by atoms with Gasteiger partial charge in [0.15, 0.2) is 5.65 Å². The third-order valence-electron chi connectivity index (χ3n) is 5.09. The van der Waals surface area contributed by atoms with Gasteiger partial charge in [0.05, 0.1) is 13.0 Å². The van der Waals surface area contributed by atoms with E-state index in [1.54, 1.807) is 22.8 Å². The average molecular weight is 388 g/mol. The van der Waals surface area contributed by atoms with Crippen molar-refractivity contribution >= 4 is 22.8 Å². The number of hydrogen-bond acceptors (Lipinski definition) is 4. The number of nitrogens with one attached hydrogen (secondary N) is 1. The summed E-state index contributed by atoms with van der Waals surface area (Å²) in [5.41, 5.74) is 1.72. The van der Waals surface area contributed by atoms with E-state index in [1.807, 2.05) is 0 Å². The van der Waals surface area contributed by atoms with Gasteiger partial charge in [-0.1, -0.05) is 0 Å². The predicted molar refractivity (Wildman–Crippen MR) is 94.4 cm³/mol. The molecule has 0 saturated carbocycles. The van der Waals surface area contributed by atoms with E-state index < -0.39 is 11.9 Å². The number of rotatable bonds is 2. The maximum absolute atomic E-state index is 13.2. The number of hydrogen-bond donors (Lipinski definition) is 1. The summed E-state index contributed by atoms with van der Waals surface area (Å²) in [5, 5.41) is 2.76. The molecule has 1 aromatic carbocycles. The minimum absolute atomic E-state index is 0.0310. The van der Waals surface area contributed by atoms with Gasteiger partial charge in [0.1, 0.15) is 17.0 Å². The molecule has 2 aromatic heterocycles. The first-order valence-corrected chi connectivity index (χ1v) is 8.87. The number of fused-ring (bicyclic) bond motifs is 2. The smallest absolute Gasteiger partial charge is 0.381 e. The number of halogens is 3. The van der Waals surface area contributed by atoms with Crippen LogP contribution in [-0.2, 0) is 22.1 Å². The quantitative estimate of drug-likeness (QED) is 0.730. The Hall–Kier alpha value is -2.94. The SMILES string of the molecule is O=C1Cc2cc(-n3c(C4CCOC4)nc4ccc(C(F)(F)F)nc43)ccc2N1. The van der Waals surface area contributed by atoms with Gasteiger partial charge in [0, 0.05) is 23.9 Å². The number of anilines is 1. The fraction of sp³-hybridized carbons (Fsp3) is 0.316. The van der Waals surface area contributed by atoms with Gasteiger partial charge in [-0.25, -0.2) is 9.97 Å². The molecule has 4 heterocycles. The van der Waals surface area contributed by atoms with E-state index in [-0.39, 0.29) is 23.9 Å². The van der Waals surface area contributed by atoms with E-state index >= 15 is 0 Å². The van der Waals surface area contributed by atoms with E-state index in [0.29, 0.717) is 35.9 Å². The standard InChI is InChI=1S/C19H15F3N4O2/c20-19(21,22)15-4-3-14-18(25-15)26(17(24-14)10-5-6-28-9-10)12-1-2-13-11(7-12)8-16(27)23-13/h1-4,7,10H,5-6,8-9H2,(H,23,27). The van der Waals surface area contributed by atoms with Crippen LogP contribution in [0.5, 0.6) is 0 Å². The van der Waals surface area contributed by atoms with Gasteiger partial charge in [-0.15, -0.1) is 0 Å². The number of carbonyl (C=O) groups excluding carboxylic acids is 1. The first-order chi connectivity index (χ1) is 13.4. The van der Waals surface area contributed by atoms with Crippen LogP contribution in [0.1, 0.15) is 29.4 Å². The first-order valence-electron chi connectivity index (χ1n) is 8.87. The molecule has 0 spiro atoms. The number of amides is 1. The number of pyridine rings is 1. The van der Waals surface area contributed by atoms with Crippen LogP contribution in [-0.4, -0.2) is 33.7 Å². The Kier molecular flexibility index (Phi) is 3.70. The molecule has 5 rings (SSSR count). The number of carbonyl (C=O) groups is 1. The normalized spacial score (nSPS) is 19.2. The molecule has 0 radical (unpaired) electrons. The molecule has 2 aliphatic heterocycles. The van der Waals surface area contributed by atoms with Crippen molar-refractivity contribution in [3.63, 3.8) is 0 Å². The van der Waals surface area contributed by atoms with Gasteiger partial charge in [0.25, 0.3) is 0 Å². The largest absolute Gasteiger partial charge is 0.433 e. The Morgan fingerprint density at radius 1 is 1.18 bits per heavy atom. The number of benzene rings is 1. The van der Waals surface area contributed by atoms with Crippen LogP contribution in [0, 0.1) is 0 Å². The molecular formula is C19H15F3N4O2. The van der Waals surface area contributed by atoms with Crippen molar-refractivity contribution in [3.05, 3.63) is 47.4 Å². The lowest BCUT2D eigenvalue weighted by atomic mass is 10.1. The fourth-order valence-corrected chi connectivity index (χ4v) is 3.75. The summed E-state index contributed by atoms with van der Waals surface area (Å²) in [6.45, 7) is 1.04. The Morgan fingerprint density at radius 2 is 2.04 bits per heavy atom. The lowest BCUT2D eigenvalue weighted by molar-refractivity contribution is -0.141. The Bertz CT molecular complexity index is 1100. The molecule has 1 N–H and O–H groups in total. The summed E-state index contributed by atoms with van der Waals surface area (Å²) >= 11 is 0. The van der Waals surface area contributed by atoms with Crippen molar-refractivity contribution in [1.29, 1.82) is 0 Å². The van der Waals surface area contributed by atoms with Gasteiger partial charge in [0.2, 0.25) is 5.91 Å². The van der Waals surface area contributed by atoms with Gasteiger partial charge in [-0.2, -0.15) is 13.2 Å². The van der Waals surface area contributed by atoms with Crippen LogP contribution in [0.2, 0.25) is 0 Å². The van der Waals surface area contributed by atoms with Crippen molar-refractivity contribution in [1.82, 2.24) is 14.5 Å². The highest BCUT2D eigenvalue weighted by atomic mass is 19.4. The zero-order chi connectivity index (χ0) is 19.5. The zero-order valence-corrected chi connectivity index (χ0v) is 14.6. The lowest BCUT2D eigenvalue weighted by Gasteiger charge is -2.14. The van der Waals surface area contributed by atoms with Crippen LogP contribution in [0.4, 0.5) is 18.9 Å². The van der Waals surface area contributed by atoms with E-state index in [0.717, 1.165) is 18.1 Å². The second kappa shape index (κ2) is 6.03. The van der Waals surface area contributed by atoms with Crippen molar-refractivity contribution in [2.75, 3.05) is 18.5 Å². The summed E-state index contributed by atoms with van der Waals surface area (Å²) in [4.78, 5) is 20.1. The number of nitrogens with zero attached hydrogens (tertiary/aromatic N) is 3. The van der Waals surface area contributed by atoms with E-state index in [4.69, 9.17) is 4.74 Å². The van der Waals surface area contributed by atoms with Crippen molar-refractivity contribution < 1.29 is 22.7 Å². The van der Waals surface area contributed by atoms with E-state index in [1.165, 1.54) is 6.07 Å². The van der Waals surface area contributed by atoms with Crippen LogP contribution in [0.3, 0.4) is 0 Å².